The third-order valence-electron chi connectivity index (χ3n) is 5.17. The Balaban J connectivity index is 1.67. The highest BCUT2D eigenvalue weighted by atomic mass is 32.2. The quantitative estimate of drug-likeness (QED) is 0.407. The summed E-state index contributed by atoms with van der Waals surface area (Å²) in [6, 6.07) is 7.75. The summed E-state index contributed by atoms with van der Waals surface area (Å²) in [5.74, 6) is 0.405. The molecule has 3 aromatic rings. The lowest BCUT2D eigenvalue weighted by Crippen LogP contribution is -2.33. The van der Waals surface area contributed by atoms with Crippen molar-refractivity contribution in [2.45, 2.75) is 37.4 Å². The number of carbonyl (C=O) groups is 1. The predicted molar refractivity (Wildman–Crippen MR) is 114 cm³/mol. The van der Waals surface area contributed by atoms with Gasteiger partial charge in [0.1, 0.15) is 11.0 Å². The van der Waals surface area contributed by atoms with E-state index in [4.69, 9.17) is 4.98 Å². The van der Waals surface area contributed by atoms with Crippen LogP contribution in [0.1, 0.15) is 25.7 Å². The van der Waals surface area contributed by atoms with E-state index in [1.54, 1.807) is 10.6 Å². The number of benzene rings is 1. The van der Waals surface area contributed by atoms with Crippen molar-refractivity contribution in [1.82, 2.24) is 19.4 Å². The first-order valence-corrected chi connectivity index (χ1v) is 10.7. The minimum atomic E-state index is -0.133. The molecule has 1 fully saturated rings. The fourth-order valence-electron chi connectivity index (χ4n) is 3.71. The fraction of sp³-hybridized carbons (Fsp3) is 0.381. The van der Waals surface area contributed by atoms with Gasteiger partial charge in [0.15, 0.2) is 5.16 Å². The molecular formula is C21H24N4O2S. The van der Waals surface area contributed by atoms with Crippen LogP contribution < -0.4 is 5.56 Å². The lowest BCUT2D eigenvalue weighted by Gasteiger charge is -2.20. The summed E-state index contributed by atoms with van der Waals surface area (Å²) >= 11 is 1.34. The van der Waals surface area contributed by atoms with Gasteiger partial charge in [0, 0.05) is 30.5 Å². The number of thioether (sulfide) groups is 1. The highest BCUT2D eigenvalue weighted by Gasteiger charge is 2.19. The number of H-pyrrole nitrogens is 1. The molecule has 3 heterocycles. The van der Waals surface area contributed by atoms with Gasteiger partial charge < -0.3 is 9.88 Å². The molecule has 7 heteroatoms. The number of likely N-dealkylation sites (tertiary alicyclic amines) is 1. The Hall–Kier alpha value is -2.54. The summed E-state index contributed by atoms with van der Waals surface area (Å²) in [6.45, 7) is 5.77. The van der Waals surface area contributed by atoms with E-state index in [1.807, 2.05) is 29.2 Å². The lowest BCUT2D eigenvalue weighted by molar-refractivity contribution is -0.128. The molecule has 0 aliphatic carbocycles. The number of carbonyl (C=O) groups excluding carboxylic acids is 1. The maximum Gasteiger partial charge on any atom is 0.278 e. The smallest absolute Gasteiger partial charge is 0.278 e. The van der Waals surface area contributed by atoms with E-state index < -0.39 is 0 Å². The second-order valence-corrected chi connectivity index (χ2v) is 8.02. The van der Waals surface area contributed by atoms with Crippen LogP contribution in [-0.4, -0.2) is 44.2 Å². The summed E-state index contributed by atoms with van der Waals surface area (Å²) < 4.78 is 1.59. The number of nitrogens with zero attached hydrogens (tertiary/aromatic N) is 3. The zero-order valence-corrected chi connectivity index (χ0v) is 16.6. The highest BCUT2D eigenvalue weighted by Crippen LogP contribution is 2.25. The largest absolute Gasteiger partial charge is 0.349 e. The maximum absolute atomic E-state index is 13.0. The number of amides is 1. The normalized spacial score (nSPS) is 15.1. The summed E-state index contributed by atoms with van der Waals surface area (Å²) in [6.07, 6.45) is 6.19. The van der Waals surface area contributed by atoms with Crippen LogP contribution in [-0.2, 0) is 11.3 Å². The standard InChI is InChI=1S/C21H24N4O2S/c1-2-11-25-20(27)19-18(15-9-5-6-10-16(15)22-19)23-21(25)28-14-17(26)24-12-7-3-4-8-13-24/h2,5-6,9-10,22H,1,3-4,7-8,11-14H2. The van der Waals surface area contributed by atoms with Gasteiger partial charge in [-0.1, -0.05) is 48.9 Å². The van der Waals surface area contributed by atoms with Gasteiger partial charge in [0.2, 0.25) is 5.91 Å². The maximum atomic E-state index is 13.0. The number of hydrogen-bond donors (Lipinski definition) is 1. The topological polar surface area (TPSA) is 71.0 Å². The second-order valence-electron chi connectivity index (χ2n) is 7.08. The third kappa shape index (κ3) is 3.58. The van der Waals surface area contributed by atoms with E-state index in [1.165, 1.54) is 24.6 Å². The Kier molecular flexibility index (Phi) is 5.52. The third-order valence-corrected chi connectivity index (χ3v) is 6.13. The van der Waals surface area contributed by atoms with E-state index in [-0.39, 0.29) is 17.2 Å². The summed E-state index contributed by atoms with van der Waals surface area (Å²) in [4.78, 5) is 35.6. The molecule has 0 saturated carbocycles. The molecule has 0 atom stereocenters. The van der Waals surface area contributed by atoms with Gasteiger partial charge in [-0.2, -0.15) is 0 Å². The molecule has 146 valence electrons. The first-order valence-electron chi connectivity index (χ1n) is 9.72. The summed E-state index contributed by atoms with van der Waals surface area (Å²) in [7, 11) is 0. The first kappa shape index (κ1) is 18.8. The van der Waals surface area contributed by atoms with Crippen molar-refractivity contribution in [3.63, 3.8) is 0 Å². The summed E-state index contributed by atoms with van der Waals surface area (Å²) in [5.41, 5.74) is 1.90. The first-order chi connectivity index (χ1) is 13.7. The molecule has 1 aromatic carbocycles. The van der Waals surface area contributed by atoms with Crippen molar-refractivity contribution in [2.24, 2.45) is 0 Å². The average Bonchev–Trinajstić information content (AvgIpc) is 2.88. The second kappa shape index (κ2) is 8.22. The number of rotatable bonds is 5. The van der Waals surface area contributed by atoms with Crippen LogP contribution >= 0.6 is 11.8 Å². The van der Waals surface area contributed by atoms with Crippen LogP contribution in [0.3, 0.4) is 0 Å². The van der Waals surface area contributed by atoms with Crippen LogP contribution in [0.4, 0.5) is 0 Å². The van der Waals surface area contributed by atoms with Gasteiger partial charge in [-0.05, 0) is 18.9 Å². The zero-order chi connectivity index (χ0) is 19.5. The fourth-order valence-corrected chi connectivity index (χ4v) is 4.62. The summed E-state index contributed by atoms with van der Waals surface area (Å²) in [5, 5.41) is 1.48. The van der Waals surface area contributed by atoms with Crippen LogP contribution in [0.25, 0.3) is 21.9 Å². The highest BCUT2D eigenvalue weighted by molar-refractivity contribution is 7.99. The van der Waals surface area contributed by atoms with Gasteiger partial charge in [-0.3, -0.25) is 14.2 Å². The molecule has 0 bridgehead atoms. The molecule has 1 aliphatic rings. The molecule has 0 unspecified atom stereocenters. The van der Waals surface area contributed by atoms with E-state index >= 15 is 0 Å². The van der Waals surface area contributed by atoms with Crippen LogP contribution in [0, 0.1) is 0 Å². The molecule has 4 rings (SSSR count). The van der Waals surface area contributed by atoms with Crippen molar-refractivity contribution >= 4 is 39.6 Å². The Bertz CT molecular complexity index is 1080. The Morgan fingerprint density at radius 1 is 1.21 bits per heavy atom. The number of para-hydroxylation sites is 1. The van der Waals surface area contributed by atoms with Crippen molar-refractivity contribution in [2.75, 3.05) is 18.8 Å². The number of allylic oxidation sites excluding steroid dienone is 1. The number of nitrogens with one attached hydrogen (secondary N) is 1. The van der Waals surface area contributed by atoms with E-state index in [0.717, 1.165) is 36.8 Å². The predicted octanol–water partition coefficient (Wildman–Crippen LogP) is 3.56. The van der Waals surface area contributed by atoms with Crippen molar-refractivity contribution in [3.05, 3.63) is 47.3 Å². The molecule has 28 heavy (non-hydrogen) atoms. The minimum absolute atomic E-state index is 0.116. The minimum Gasteiger partial charge on any atom is -0.349 e. The van der Waals surface area contributed by atoms with E-state index in [0.29, 0.717) is 22.7 Å². The lowest BCUT2D eigenvalue weighted by atomic mass is 10.2. The zero-order valence-electron chi connectivity index (χ0n) is 15.8. The molecule has 1 aliphatic heterocycles. The van der Waals surface area contributed by atoms with Crippen LogP contribution in [0.2, 0.25) is 0 Å². The average molecular weight is 397 g/mol. The number of aromatic nitrogens is 3. The Labute approximate surface area is 167 Å². The molecule has 0 spiro atoms. The van der Waals surface area contributed by atoms with Gasteiger partial charge in [-0.15, -0.1) is 6.58 Å². The molecule has 1 saturated heterocycles. The molecule has 1 N–H and O–H groups in total. The number of fused-ring (bicyclic) bond motifs is 3. The monoisotopic (exact) mass is 396 g/mol. The Morgan fingerprint density at radius 2 is 1.96 bits per heavy atom. The van der Waals surface area contributed by atoms with E-state index in [9.17, 15) is 9.59 Å². The van der Waals surface area contributed by atoms with Gasteiger partial charge in [0.05, 0.1) is 5.75 Å². The van der Waals surface area contributed by atoms with Gasteiger partial charge in [0.25, 0.3) is 5.56 Å². The van der Waals surface area contributed by atoms with Crippen molar-refractivity contribution in [1.29, 1.82) is 0 Å². The molecule has 1 amide bonds. The SMILES string of the molecule is C=CCn1c(SCC(=O)N2CCCCCC2)nc2c([nH]c3ccccc32)c1=O. The molecule has 2 aromatic heterocycles. The van der Waals surface area contributed by atoms with Crippen LogP contribution in [0.15, 0.2) is 46.9 Å². The van der Waals surface area contributed by atoms with Crippen molar-refractivity contribution in [3.8, 4) is 0 Å². The van der Waals surface area contributed by atoms with Crippen LogP contribution in [0.5, 0.6) is 0 Å². The van der Waals surface area contributed by atoms with Gasteiger partial charge >= 0.3 is 0 Å². The number of hydrogen-bond acceptors (Lipinski definition) is 4. The van der Waals surface area contributed by atoms with Crippen molar-refractivity contribution < 1.29 is 4.79 Å². The Morgan fingerprint density at radius 3 is 2.71 bits per heavy atom. The van der Waals surface area contributed by atoms with Gasteiger partial charge in [-0.25, -0.2) is 4.98 Å². The molecule has 0 radical (unpaired) electrons. The number of aromatic amines is 1. The van der Waals surface area contributed by atoms with E-state index in [2.05, 4.69) is 11.6 Å². The molecular weight excluding hydrogens is 372 g/mol. The molecule has 6 nitrogen and oxygen atoms in total.